The lowest BCUT2D eigenvalue weighted by Gasteiger charge is -2.31. The standard InChI is InChI=1S/C9H16N2OS/c10-9(13)3-4-11-5-7-1-2-8(6-11)12-7/h7-8H,1-6H2,(H2,10,13). The van der Waals surface area contributed by atoms with Gasteiger partial charge in [-0.2, -0.15) is 0 Å². The average Bonchev–Trinajstić information content (AvgIpc) is 2.42. The van der Waals surface area contributed by atoms with Gasteiger partial charge in [-0.1, -0.05) is 12.2 Å². The van der Waals surface area contributed by atoms with Gasteiger partial charge >= 0.3 is 0 Å². The van der Waals surface area contributed by atoms with Crippen LogP contribution < -0.4 is 5.73 Å². The third-order valence-electron chi connectivity index (χ3n) is 2.79. The average molecular weight is 200 g/mol. The second-order valence-corrected chi connectivity index (χ2v) is 4.46. The molecule has 2 fully saturated rings. The number of fused-ring (bicyclic) bond motifs is 2. The SMILES string of the molecule is NC(=S)CCN1CC2CCC(C1)O2. The topological polar surface area (TPSA) is 38.5 Å². The van der Waals surface area contributed by atoms with E-state index in [4.69, 9.17) is 22.7 Å². The number of rotatable bonds is 3. The van der Waals surface area contributed by atoms with Gasteiger partial charge in [0.1, 0.15) is 0 Å². The Morgan fingerprint density at radius 3 is 2.54 bits per heavy atom. The Balaban J connectivity index is 1.78. The van der Waals surface area contributed by atoms with Crippen molar-refractivity contribution in [3.8, 4) is 0 Å². The molecule has 2 bridgehead atoms. The van der Waals surface area contributed by atoms with Crippen LogP contribution >= 0.6 is 12.2 Å². The van der Waals surface area contributed by atoms with Crippen LogP contribution in [0.25, 0.3) is 0 Å². The molecule has 0 aromatic carbocycles. The van der Waals surface area contributed by atoms with Crippen LogP contribution in [0.2, 0.25) is 0 Å². The van der Waals surface area contributed by atoms with E-state index in [-0.39, 0.29) is 0 Å². The first-order valence-electron chi connectivity index (χ1n) is 4.90. The zero-order chi connectivity index (χ0) is 9.26. The molecule has 2 aliphatic rings. The van der Waals surface area contributed by atoms with Crippen LogP contribution in [0.3, 0.4) is 0 Å². The lowest BCUT2D eigenvalue weighted by atomic mass is 10.2. The van der Waals surface area contributed by atoms with E-state index < -0.39 is 0 Å². The number of nitrogens with zero attached hydrogens (tertiary/aromatic N) is 1. The molecule has 2 unspecified atom stereocenters. The summed E-state index contributed by atoms with van der Waals surface area (Å²) in [4.78, 5) is 3.05. The van der Waals surface area contributed by atoms with E-state index in [0.29, 0.717) is 17.2 Å². The smallest absolute Gasteiger partial charge is 0.0740 e. The summed E-state index contributed by atoms with van der Waals surface area (Å²) in [5.41, 5.74) is 5.47. The lowest BCUT2D eigenvalue weighted by molar-refractivity contribution is -0.0372. The summed E-state index contributed by atoms with van der Waals surface area (Å²) in [6.45, 7) is 3.14. The summed E-state index contributed by atoms with van der Waals surface area (Å²) in [5.74, 6) is 0. The third-order valence-corrected chi connectivity index (χ3v) is 3.00. The van der Waals surface area contributed by atoms with Gasteiger partial charge in [-0.25, -0.2) is 0 Å². The van der Waals surface area contributed by atoms with Crippen LogP contribution in [0, 0.1) is 0 Å². The van der Waals surface area contributed by atoms with Gasteiger partial charge < -0.3 is 10.5 Å². The zero-order valence-corrected chi connectivity index (χ0v) is 8.55. The minimum absolute atomic E-state index is 0.477. The maximum atomic E-state index is 5.73. The molecule has 2 heterocycles. The molecule has 0 aliphatic carbocycles. The fourth-order valence-corrected chi connectivity index (χ4v) is 2.24. The van der Waals surface area contributed by atoms with Crippen LogP contribution in [-0.2, 0) is 4.74 Å². The van der Waals surface area contributed by atoms with Crippen molar-refractivity contribution in [2.45, 2.75) is 31.5 Å². The van der Waals surface area contributed by atoms with Crippen molar-refractivity contribution in [2.24, 2.45) is 5.73 Å². The molecule has 74 valence electrons. The van der Waals surface area contributed by atoms with E-state index in [2.05, 4.69) is 4.90 Å². The molecule has 13 heavy (non-hydrogen) atoms. The van der Waals surface area contributed by atoms with Crippen molar-refractivity contribution in [1.29, 1.82) is 0 Å². The van der Waals surface area contributed by atoms with Crippen LogP contribution in [0.4, 0.5) is 0 Å². The zero-order valence-electron chi connectivity index (χ0n) is 7.74. The van der Waals surface area contributed by atoms with Gasteiger partial charge in [0, 0.05) is 26.1 Å². The monoisotopic (exact) mass is 200 g/mol. The van der Waals surface area contributed by atoms with Crippen molar-refractivity contribution >= 4 is 17.2 Å². The highest BCUT2D eigenvalue weighted by Crippen LogP contribution is 2.25. The molecular weight excluding hydrogens is 184 g/mol. The first-order valence-corrected chi connectivity index (χ1v) is 5.31. The van der Waals surface area contributed by atoms with E-state index >= 15 is 0 Å². The Bertz CT molecular complexity index is 198. The normalized spacial score (nSPS) is 33.5. The maximum Gasteiger partial charge on any atom is 0.0740 e. The molecule has 2 aliphatic heterocycles. The second-order valence-electron chi connectivity index (χ2n) is 3.93. The largest absolute Gasteiger partial charge is 0.393 e. The summed E-state index contributed by atoms with van der Waals surface area (Å²) in [7, 11) is 0. The Kier molecular flexibility index (Phi) is 2.81. The van der Waals surface area contributed by atoms with E-state index in [1.165, 1.54) is 12.8 Å². The number of nitrogens with two attached hydrogens (primary N) is 1. The molecule has 4 heteroatoms. The van der Waals surface area contributed by atoms with Crippen molar-refractivity contribution in [2.75, 3.05) is 19.6 Å². The Morgan fingerprint density at radius 2 is 2.00 bits per heavy atom. The van der Waals surface area contributed by atoms with Gasteiger partial charge in [-0.15, -0.1) is 0 Å². The number of hydrogen-bond acceptors (Lipinski definition) is 3. The molecule has 0 spiro atoms. The molecule has 2 saturated heterocycles. The Hall–Kier alpha value is -0.190. The predicted octanol–water partition coefficient (Wildman–Crippen LogP) is 0.526. The molecule has 0 radical (unpaired) electrons. The van der Waals surface area contributed by atoms with Gasteiger partial charge in [0.25, 0.3) is 0 Å². The van der Waals surface area contributed by atoms with E-state index in [9.17, 15) is 0 Å². The summed E-state index contributed by atoms with van der Waals surface area (Å²) in [6, 6.07) is 0. The van der Waals surface area contributed by atoms with Crippen LogP contribution in [0.1, 0.15) is 19.3 Å². The summed E-state index contributed by atoms with van der Waals surface area (Å²) in [6.07, 6.45) is 4.26. The molecule has 2 atom stereocenters. The van der Waals surface area contributed by atoms with E-state index in [1.54, 1.807) is 0 Å². The van der Waals surface area contributed by atoms with Crippen LogP contribution in [0.15, 0.2) is 0 Å². The van der Waals surface area contributed by atoms with Gasteiger partial charge in [0.2, 0.25) is 0 Å². The number of hydrogen-bond donors (Lipinski definition) is 1. The molecule has 3 nitrogen and oxygen atoms in total. The van der Waals surface area contributed by atoms with Crippen molar-refractivity contribution in [3.63, 3.8) is 0 Å². The van der Waals surface area contributed by atoms with Crippen LogP contribution in [-0.4, -0.2) is 41.7 Å². The fraction of sp³-hybridized carbons (Fsp3) is 0.889. The molecular formula is C9H16N2OS. The summed E-state index contributed by atoms with van der Waals surface area (Å²) < 4.78 is 5.73. The highest BCUT2D eigenvalue weighted by Gasteiger charge is 2.33. The third kappa shape index (κ3) is 2.39. The first-order chi connectivity index (χ1) is 6.24. The second kappa shape index (κ2) is 3.90. The van der Waals surface area contributed by atoms with Gasteiger partial charge in [0.05, 0.1) is 17.2 Å². The Labute approximate surface area is 84.2 Å². The molecule has 0 aromatic rings. The quantitative estimate of drug-likeness (QED) is 0.674. The highest BCUT2D eigenvalue weighted by molar-refractivity contribution is 7.80. The van der Waals surface area contributed by atoms with Crippen LogP contribution in [0.5, 0.6) is 0 Å². The maximum absolute atomic E-state index is 5.73. The molecule has 0 saturated carbocycles. The van der Waals surface area contributed by atoms with Crippen molar-refractivity contribution in [1.82, 2.24) is 4.90 Å². The number of morpholine rings is 1. The van der Waals surface area contributed by atoms with E-state index in [0.717, 1.165) is 26.1 Å². The minimum Gasteiger partial charge on any atom is -0.393 e. The minimum atomic E-state index is 0.477. The summed E-state index contributed by atoms with van der Waals surface area (Å²) in [5, 5.41) is 0. The van der Waals surface area contributed by atoms with Gasteiger partial charge in [0.15, 0.2) is 0 Å². The van der Waals surface area contributed by atoms with Gasteiger partial charge in [-0.05, 0) is 12.8 Å². The molecule has 0 amide bonds. The highest BCUT2D eigenvalue weighted by atomic mass is 32.1. The number of likely N-dealkylation sites (tertiary alicyclic amines) is 1. The van der Waals surface area contributed by atoms with E-state index in [1.807, 2.05) is 0 Å². The molecule has 0 aromatic heterocycles. The molecule has 2 rings (SSSR count). The summed E-state index contributed by atoms with van der Waals surface area (Å²) >= 11 is 4.86. The Morgan fingerprint density at radius 1 is 1.38 bits per heavy atom. The lowest BCUT2D eigenvalue weighted by Crippen LogP contribution is -2.43. The number of ether oxygens (including phenoxy) is 1. The first kappa shape index (κ1) is 9.37. The van der Waals surface area contributed by atoms with Crippen molar-refractivity contribution < 1.29 is 4.74 Å². The number of thiocarbonyl (C=S) groups is 1. The molecule has 2 N–H and O–H groups in total. The fourth-order valence-electron chi connectivity index (χ4n) is 2.15. The van der Waals surface area contributed by atoms with Gasteiger partial charge in [-0.3, -0.25) is 4.90 Å². The predicted molar refractivity (Wildman–Crippen MR) is 55.7 cm³/mol. The van der Waals surface area contributed by atoms with Crippen molar-refractivity contribution in [3.05, 3.63) is 0 Å².